The molecule has 5 nitrogen and oxygen atoms in total. The zero-order valence-electron chi connectivity index (χ0n) is 15.7. The summed E-state index contributed by atoms with van der Waals surface area (Å²) in [7, 11) is -3.53. The van der Waals surface area contributed by atoms with Crippen molar-refractivity contribution in [2.24, 2.45) is 0 Å². The van der Waals surface area contributed by atoms with Crippen LogP contribution in [0.15, 0.2) is 58.3 Å². The zero-order valence-corrected chi connectivity index (χ0v) is 17.4. The molecule has 3 rings (SSSR count). The number of Topliss-reactive ketones (excluding diaryl/α,β-unsaturated/α-hetero) is 1. The van der Waals surface area contributed by atoms with Gasteiger partial charge in [-0.3, -0.25) is 4.79 Å². The predicted octanol–water partition coefficient (Wildman–Crippen LogP) is 1.71. The lowest BCUT2D eigenvalue weighted by Crippen LogP contribution is -3.15. The summed E-state index contributed by atoms with van der Waals surface area (Å²) in [5.74, 6) is 0.586. The van der Waals surface area contributed by atoms with Crippen LogP contribution in [0.2, 0.25) is 0 Å². The first-order valence-corrected chi connectivity index (χ1v) is 11.6. The summed E-state index contributed by atoms with van der Waals surface area (Å²) < 4.78 is 40.0. The zero-order chi connectivity index (χ0) is 20.1. The van der Waals surface area contributed by atoms with Gasteiger partial charge in [-0.2, -0.15) is 4.31 Å². The first-order valence-electron chi connectivity index (χ1n) is 9.19. The van der Waals surface area contributed by atoms with Gasteiger partial charge < -0.3 is 4.90 Å². The van der Waals surface area contributed by atoms with E-state index in [1.165, 1.54) is 40.4 Å². The summed E-state index contributed by atoms with van der Waals surface area (Å²) in [5, 5.41) is 0. The quantitative estimate of drug-likeness (QED) is 0.544. The van der Waals surface area contributed by atoms with Crippen molar-refractivity contribution in [2.45, 2.75) is 16.7 Å². The van der Waals surface area contributed by atoms with Crippen molar-refractivity contribution in [2.75, 3.05) is 38.5 Å². The fraction of sp³-hybridized carbons (Fsp3) is 0.350. The Kier molecular flexibility index (Phi) is 6.87. The molecule has 0 aromatic heterocycles. The van der Waals surface area contributed by atoms with Gasteiger partial charge in [0.15, 0.2) is 5.78 Å². The largest absolute Gasteiger partial charge is 0.332 e. The van der Waals surface area contributed by atoms with E-state index in [1.54, 1.807) is 36.0 Å². The minimum absolute atomic E-state index is 0.0836. The van der Waals surface area contributed by atoms with E-state index in [-0.39, 0.29) is 16.5 Å². The molecule has 0 saturated carbocycles. The molecule has 0 radical (unpaired) electrons. The molecule has 1 aliphatic rings. The van der Waals surface area contributed by atoms with Crippen molar-refractivity contribution in [3.63, 3.8) is 0 Å². The van der Waals surface area contributed by atoms with E-state index in [2.05, 4.69) is 0 Å². The van der Waals surface area contributed by atoms with E-state index in [0.717, 1.165) is 30.3 Å². The minimum Gasteiger partial charge on any atom is -0.332 e. The number of ketones is 1. The number of carbonyl (C=O) groups is 1. The van der Waals surface area contributed by atoms with E-state index in [4.69, 9.17) is 0 Å². The molecule has 150 valence electrons. The number of nitrogens with zero attached hydrogens (tertiary/aromatic N) is 1. The van der Waals surface area contributed by atoms with Gasteiger partial charge in [-0.1, -0.05) is 12.1 Å². The number of piperazine rings is 1. The molecule has 2 aromatic carbocycles. The monoisotopic (exact) mass is 423 g/mol. The third kappa shape index (κ3) is 5.20. The SMILES string of the molecule is CC(=O)c1ccc(S(=O)(=O)N2CC[NH+](CCSc3ccc(F)cc3)CC2)cc1. The fourth-order valence-corrected chi connectivity index (χ4v) is 5.54. The van der Waals surface area contributed by atoms with Crippen LogP contribution in [0.3, 0.4) is 0 Å². The number of nitrogens with one attached hydrogen (secondary N) is 1. The Labute approximate surface area is 169 Å². The van der Waals surface area contributed by atoms with Crippen molar-refractivity contribution >= 4 is 27.6 Å². The molecular formula is C20H24FN2O3S2+. The van der Waals surface area contributed by atoms with E-state index in [1.807, 2.05) is 0 Å². The second-order valence-corrected chi connectivity index (χ2v) is 9.89. The van der Waals surface area contributed by atoms with Crippen LogP contribution in [0.5, 0.6) is 0 Å². The number of halogens is 1. The lowest BCUT2D eigenvalue weighted by molar-refractivity contribution is -0.901. The highest BCUT2D eigenvalue weighted by Gasteiger charge is 2.30. The second-order valence-electron chi connectivity index (χ2n) is 6.79. The molecule has 0 bridgehead atoms. The van der Waals surface area contributed by atoms with Crippen LogP contribution in [-0.2, 0) is 10.0 Å². The number of sulfonamides is 1. The molecule has 0 aliphatic carbocycles. The number of benzene rings is 2. The molecule has 1 N–H and O–H groups in total. The number of carbonyl (C=O) groups excluding carboxylic acids is 1. The van der Waals surface area contributed by atoms with E-state index >= 15 is 0 Å². The average Bonchev–Trinajstić information content (AvgIpc) is 2.70. The summed E-state index contributed by atoms with van der Waals surface area (Å²) in [6.07, 6.45) is 0. The van der Waals surface area contributed by atoms with Crippen molar-refractivity contribution in [1.29, 1.82) is 0 Å². The molecule has 1 fully saturated rings. The van der Waals surface area contributed by atoms with Gasteiger partial charge in [0.2, 0.25) is 10.0 Å². The van der Waals surface area contributed by atoms with Gasteiger partial charge in [0, 0.05) is 16.2 Å². The van der Waals surface area contributed by atoms with Gasteiger partial charge in [-0.25, -0.2) is 12.8 Å². The predicted molar refractivity (Wildman–Crippen MR) is 108 cm³/mol. The maximum atomic E-state index is 12.9. The molecule has 0 amide bonds. The number of quaternary nitrogens is 1. The Bertz CT molecular complexity index is 907. The van der Waals surface area contributed by atoms with Crippen LogP contribution in [0.25, 0.3) is 0 Å². The molecule has 1 heterocycles. The molecule has 2 aromatic rings. The van der Waals surface area contributed by atoms with Crippen LogP contribution in [0.1, 0.15) is 17.3 Å². The van der Waals surface area contributed by atoms with E-state index in [0.29, 0.717) is 18.7 Å². The molecule has 1 saturated heterocycles. The van der Waals surface area contributed by atoms with Crippen molar-refractivity contribution in [3.8, 4) is 0 Å². The highest BCUT2D eigenvalue weighted by atomic mass is 32.2. The Morgan fingerprint density at radius 2 is 1.68 bits per heavy atom. The minimum atomic E-state index is -3.53. The summed E-state index contributed by atoms with van der Waals surface area (Å²) in [6.45, 7) is 4.87. The number of hydrogen-bond donors (Lipinski definition) is 1. The maximum absolute atomic E-state index is 12.9. The average molecular weight is 424 g/mol. The molecule has 8 heteroatoms. The van der Waals surface area contributed by atoms with Crippen molar-refractivity contribution < 1.29 is 22.5 Å². The van der Waals surface area contributed by atoms with Gasteiger partial charge in [-0.05, 0) is 43.3 Å². The lowest BCUT2D eigenvalue weighted by atomic mass is 10.2. The van der Waals surface area contributed by atoms with Crippen molar-refractivity contribution in [3.05, 3.63) is 59.9 Å². The number of hydrogen-bond acceptors (Lipinski definition) is 4. The fourth-order valence-electron chi connectivity index (χ4n) is 3.15. The maximum Gasteiger partial charge on any atom is 0.243 e. The van der Waals surface area contributed by atoms with Crippen LogP contribution in [0.4, 0.5) is 4.39 Å². The van der Waals surface area contributed by atoms with E-state index < -0.39 is 10.0 Å². The van der Waals surface area contributed by atoms with Crippen LogP contribution in [-0.4, -0.2) is 57.0 Å². The smallest absolute Gasteiger partial charge is 0.243 e. The van der Waals surface area contributed by atoms with Gasteiger partial charge in [0.1, 0.15) is 5.82 Å². The first kappa shape index (κ1) is 21.0. The lowest BCUT2D eigenvalue weighted by Gasteiger charge is -2.31. The van der Waals surface area contributed by atoms with Crippen LogP contribution < -0.4 is 4.90 Å². The Morgan fingerprint density at radius 3 is 2.25 bits per heavy atom. The standard InChI is InChI=1S/C20H23FN2O3S2/c1-16(24)17-2-8-20(9-3-17)28(25,26)23-12-10-22(11-13-23)14-15-27-19-6-4-18(21)5-7-19/h2-9H,10-15H2,1H3/p+1. The van der Waals surface area contributed by atoms with Crippen LogP contribution >= 0.6 is 11.8 Å². The Balaban J connectivity index is 1.49. The third-order valence-corrected chi connectivity index (χ3v) is 7.79. The summed E-state index contributed by atoms with van der Waals surface area (Å²) >= 11 is 1.68. The molecule has 28 heavy (non-hydrogen) atoms. The van der Waals surface area contributed by atoms with Crippen LogP contribution in [0, 0.1) is 5.82 Å². The Morgan fingerprint density at radius 1 is 1.07 bits per heavy atom. The molecule has 0 spiro atoms. The molecule has 0 unspecified atom stereocenters. The normalized spacial score (nSPS) is 16.2. The second kappa shape index (κ2) is 9.17. The van der Waals surface area contributed by atoms with Gasteiger partial charge in [0.25, 0.3) is 0 Å². The third-order valence-electron chi connectivity index (χ3n) is 4.87. The molecule has 1 aliphatic heterocycles. The Hall–Kier alpha value is -1.74. The topological polar surface area (TPSA) is 58.9 Å². The highest BCUT2D eigenvalue weighted by Crippen LogP contribution is 2.18. The van der Waals surface area contributed by atoms with Gasteiger partial charge in [0.05, 0.1) is 37.6 Å². The highest BCUT2D eigenvalue weighted by molar-refractivity contribution is 7.99. The summed E-state index contributed by atoms with van der Waals surface area (Å²) in [6, 6.07) is 12.6. The van der Waals surface area contributed by atoms with E-state index in [9.17, 15) is 17.6 Å². The molecule has 0 atom stereocenters. The first-order chi connectivity index (χ1) is 13.4. The summed E-state index contributed by atoms with van der Waals surface area (Å²) in [4.78, 5) is 14.0. The summed E-state index contributed by atoms with van der Waals surface area (Å²) in [5.41, 5.74) is 0.506. The molecular weight excluding hydrogens is 399 g/mol. The van der Waals surface area contributed by atoms with Crippen molar-refractivity contribution in [1.82, 2.24) is 4.31 Å². The number of rotatable bonds is 7. The number of thioether (sulfide) groups is 1. The van der Waals surface area contributed by atoms with Gasteiger partial charge >= 0.3 is 0 Å². The van der Waals surface area contributed by atoms with Gasteiger partial charge in [-0.15, -0.1) is 11.8 Å².